The Morgan fingerprint density at radius 1 is 0.903 bits per heavy atom. The van der Waals surface area contributed by atoms with Gasteiger partial charge in [0.2, 0.25) is 5.91 Å². The molecule has 2 aliphatic rings. The van der Waals surface area contributed by atoms with E-state index in [9.17, 15) is 18.0 Å². The Labute approximate surface area is 182 Å². The van der Waals surface area contributed by atoms with Crippen LogP contribution in [0, 0.1) is 0 Å². The zero-order chi connectivity index (χ0) is 22.4. The number of hydrogen-bond acceptors (Lipinski definition) is 4. The fraction of sp³-hybridized carbons (Fsp3) is 0.364. The van der Waals surface area contributed by atoms with E-state index in [1.165, 1.54) is 39.9 Å². The minimum atomic E-state index is -3.71. The smallest absolute Gasteiger partial charge is 0.407 e. The van der Waals surface area contributed by atoms with Gasteiger partial charge in [0, 0.05) is 25.2 Å². The molecule has 0 atom stereocenters. The Kier molecular flexibility index (Phi) is 7.17. The maximum Gasteiger partial charge on any atom is 0.407 e. The van der Waals surface area contributed by atoms with Gasteiger partial charge in [0.25, 0.3) is 10.0 Å². The van der Waals surface area contributed by atoms with Crippen LogP contribution in [0.15, 0.2) is 53.4 Å². The number of hydrogen-bond donors (Lipinski definition) is 2. The minimum Gasteiger partial charge on any atom is -0.465 e. The molecule has 9 heteroatoms. The number of carboxylic acid groups (broad SMARTS) is 1. The third-order valence-electron chi connectivity index (χ3n) is 5.40. The molecule has 0 aromatic heterocycles. The molecule has 1 fully saturated rings. The number of carbonyl (C=O) groups excluding carboxylic acids is 1. The number of likely N-dealkylation sites (tertiary alicyclic amines) is 1. The van der Waals surface area contributed by atoms with Crippen molar-refractivity contribution in [2.75, 3.05) is 23.9 Å². The predicted octanol–water partition coefficient (Wildman–Crippen LogP) is 3.08. The van der Waals surface area contributed by atoms with E-state index in [1.54, 1.807) is 0 Å². The summed E-state index contributed by atoms with van der Waals surface area (Å²) in [5, 5.41) is 8.46. The van der Waals surface area contributed by atoms with E-state index in [0.29, 0.717) is 12.2 Å². The SMILES string of the molecule is NC(=O)c1cccc(S(=O)(=O)N2CCCc3ccccc32)c1.O=C(O)N1CCCCC1. The Morgan fingerprint density at radius 2 is 1.61 bits per heavy atom. The molecule has 3 N–H and O–H groups in total. The lowest BCUT2D eigenvalue weighted by Crippen LogP contribution is -2.35. The number of rotatable bonds is 3. The van der Waals surface area contributed by atoms with Crippen LogP contribution < -0.4 is 10.0 Å². The zero-order valence-electron chi connectivity index (χ0n) is 17.2. The van der Waals surface area contributed by atoms with Gasteiger partial charge >= 0.3 is 6.09 Å². The second-order valence-corrected chi connectivity index (χ2v) is 9.39. The fourth-order valence-corrected chi connectivity index (χ4v) is 5.36. The topological polar surface area (TPSA) is 121 Å². The summed E-state index contributed by atoms with van der Waals surface area (Å²) in [6.07, 6.45) is 4.12. The summed E-state index contributed by atoms with van der Waals surface area (Å²) < 4.78 is 27.2. The highest BCUT2D eigenvalue weighted by Gasteiger charge is 2.29. The van der Waals surface area contributed by atoms with Crippen LogP contribution >= 0.6 is 0 Å². The van der Waals surface area contributed by atoms with Gasteiger partial charge in [-0.1, -0.05) is 24.3 Å². The number of carbonyl (C=O) groups is 2. The molecular formula is C22H27N3O5S. The largest absolute Gasteiger partial charge is 0.465 e. The summed E-state index contributed by atoms with van der Waals surface area (Å²) >= 11 is 0. The first-order chi connectivity index (χ1) is 14.8. The maximum atomic E-state index is 12.9. The van der Waals surface area contributed by atoms with E-state index in [-0.39, 0.29) is 10.5 Å². The van der Waals surface area contributed by atoms with E-state index >= 15 is 0 Å². The summed E-state index contributed by atoms with van der Waals surface area (Å²) in [7, 11) is -3.71. The van der Waals surface area contributed by atoms with Gasteiger partial charge in [0.15, 0.2) is 0 Å². The summed E-state index contributed by atoms with van der Waals surface area (Å²) in [5.41, 5.74) is 7.14. The zero-order valence-corrected chi connectivity index (χ0v) is 18.1. The lowest BCUT2D eigenvalue weighted by atomic mass is 10.0. The highest BCUT2D eigenvalue weighted by atomic mass is 32.2. The molecule has 0 bridgehead atoms. The van der Waals surface area contributed by atoms with Crippen molar-refractivity contribution in [1.29, 1.82) is 0 Å². The molecule has 0 radical (unpaired) electrons. The number of para-hydroxylation sites is 1. The Balaban J connectivity index is 0.000000254. The Bertz CT molecular complexity index is 1050. The van der Waals surface area contributed by atoms with Crippen LogP contribution in [0.25, 0.3) is 0 Å². The van der Waals surface area contributed by atoms with Crippen LogP contribution in [0.3, 0.4) is 0 Å². The van der Waals surface area contributed by atoms with Gasteiger partial charge in [-0.3, -0.25) is 9.10 Å². The number of anilines is 1. The summed E-state index contributed by atoms with van der Waals surface area (Å²) in [6, 6.07) is 13.3. The van der Waals surface area contributed by atoms with Gasteiger partial charge in [0.1, 0.15) is 0 Å². The first-order valence-corrected chi connectivity index (χ1v) is 11.7. The van der Waals surface area contributed by atoms with Crippen molar-refractivity contribution < 1.29 is 23.1 Å². The van der Waals surface area contributed by atoms with Crippen LogP contribution in [0.5, 0.6) is 0 Å². The molecule has 8 nitrogen and oxygen atoms in total. The van der Waals surface area contributed by atoms with Crippen molar-refractivity contribution in [2.45, 2.75) is 37.0 Å². The molecule has 2 aromatic rings. The van der Waals surface area contributed by atoms with Crippen LogP contribution in [-0.4, -0.2) is 50.1 Å². The van der Waals surface area contributed by atoms with Crippen LogP contribution in [0.2, 0.25) is 0 Å². The highest BCUT2D eigenvalue weighted by molar-refractivity contribution is 7.92. The fourth-order valence-electron chi connectivity index (χ4n) is 3.77. The number of nitrogens with zero attached hydrogens (tertiary/aromatic N) is 2. The molecule has 31 heavy (non-hydrogen) atoms. The minimum absolute atomic E-state index is 0.0838. The molecule has 166 valence electrons. The number of benzene rings is 2. The Morgan fingerprint density at radius 3 is 2.26 bits per heavy atom. The predicted molar refractivity (Wildman–Crippen MR) is 118 cm³/mol. The van der Waals surface area contributed by atoms with E-state index in [0.717, 1.165) is 44.3 Å². The third-order valence-corrected chi connectivity index (χ3v) is 7.21. The number of aryl methyl sites for hydroxylation is 1. The second-order valence-electron chi connectivity index (χ2n) is 7.53. The summed E-state index contributed by atoms with van der Waals surface area (Å²) in [5.74, 6) is -0.643. The molecule has 1 saturated heterocycles. The monoisotopic (exact) mass is 445 g/mol. The number of primary amides is 1. The van der Waals surface area contributed by atoms with Gasteiger partial charge in [0.05, 0.1) is 10.6 Å². The molecule has 0 saturated carbocycles. The summed E-state index contributed by atoms with van der Waals surface area (Å²) in [4.78, 5) is 23.1. The first kappa shape index (κ1) is 22.6. The van der Waals surface area contributed by atoms with Crippen molar-refractivity contribution in [3.05, 3.63) is 59.7 Å². The molecule has 2 aromatic carbocycles. The van der Waals surface area contributed by atoms with Gasteiger partial charge in [-0.25, -0.2) is 13.2 Å². The van der Waals surface area contributed by atoms with E-state index < -0.39 is 22.0 Å². The molecule has 0 unspecified atom stereocenters. The standard InChI is InChI=1S/C16H16N2O3S.C6H11NO2/c17-16(19)13-6-3-8-14(11-13)22(20,21)18-10-4-7-12-5-1-2-9-15(12)18;8-6(9)7-4-2-1-3-5-7/h1-3,5-6,8-9,11H,4,7,10H2,(H2,17,19);1-5H2,(H,8,9). The molecule has 0 aliphatic carbocycles. The molecule has 0 spiro atoms. The lowest BCUT2D eigenvalue weighted by molar-refractivity contribution is 0.1000. The Hall–Kier alpha value is -3.07. The molecule has 2 aliphatic heterocycles. The average Bonchev–Trinajstić information content (AvgIpc) is 2.79. The van der Waals surface area contributed by atoms with Crippen molar-refractivity contribution in [3.63, 3.8) is 0 Å². The number of piperidine rings is 1. The third kappa shape index (κ3) is 5.35. The van der Waals surface area contributed by atoms with Gasteiger partial charge in [-0.05, 0) is 61.9 Å². The van der Waals surface area contributed by atoms with Crippen molar-refractivity contribution in [2.24, 2.45) is 5.73 Å². The number of fused-ring (bicyclic) bond motifs is 1. The first-order valence-electron chi connectivity index (χ1n) is 10.3. The van der Waals surface area contributed by atoms with Gasteiger partial charge < -0.3 is 15.7 Å². The number of nitrogens with two attached hydrogens (primary N) is 1. The van der Waals surface area contributed by atoms with Crippen LogP contribution in [0.4, 0.5) is 10.5 Å². The van der Waals surface area contributed by atoms with Crippen molar-refractivity contribution in [1.82, 2.24) is 4.90 Å². The van der Waals surface area contributed by atoms with Crippen LogP contribution in [-0.2, 0) is 16.4 Å². The number of amides is 2. The highest BCUT2D eigenvalue weighted by Crippen LogP contribution is 2.31. The summed E-state index contributed by atoms with van der Waals surface area (Å²) in [6.45, 7) is 1.89. The average molecular weight is 446 g/mol. The quantitative estimate of drug-likeness (QED) is 0.752. The van der Waals surface area contributed by atoms with Crippen LogP contribution in [0.1, 0.15) is 41.6 Å². The van der Waals surface area contributed by atoms with Crippen molar-refractivity contribution >= 4 is 27.7 Å². The van der Waals surface area contributed by atoms with Gasteiger partial charge in [-0.2, -0.15) is 0 Å². The molecule has 2 heterocycles. The molecule has 4 rings (SSSR count). The second kappa shape index (κ2) is 9.82. The number of sulfonamides is 1. The van der Waals surface area contributed by atoms with E-state index in [4.69, 9.17) is 10.8 Å². The molecular weight excluding hydrogens is 418 g/mol. The maximum absolute atomic E-state index is 12.9. The van der Waals surface area contributed by atoms with Crippen molar-refractivity contribution in [3.8, 4) is 0 Å². The lowest BCUT2D eigenvalue weighted by Gasteiger charge is -2.30. The van der Waals surface area contributed by atoms with E-state index in [1.807, 2.05) is 24.3 Å². The molecule has 2 amide bonds. The van der Waals surface area contributed by atoms with E-state index in [2.05, 4.69) is 0 Å². The normalized spacial score (nSPS) is 16.0. The van der Waals surface area contributed by atoms with Gasteiger partial charge in [-0.15, -0.1) is 0 Å².